The molecule has 1 aromatic carbocycles. The van der Waals surface area contributed by atoms with Gasteiger partial charge in [-0.3, -0.25) is 4.40 Å². The zero-order chi connectivity index (χ0) is 15.9. The first-order valence-corrected chi connectivity index (χ1v) is 8.65. The van der Waals surface area contributed by atoms with Crippen molar-refractivity contribution >= 4 is 16.3 Å². The Morgan fingerprint density at radius 1 is 1.18 bits per heavy atom. The highest BCUT2D eigenvalue weighted by atomic mass is 32.1. The minimum absolute atomic E-state index is 0.651. The maximum absolute atomic E-state index is 5.81. The zero-order valence-corrected chi connectivity index (χ0v) is 14.5. The van der Waals surface area contributed by atoms with Crippen LogP contribution in [0.3, 0.4) is 0 Å². The fourth-order valence-electron chi connectivity index (χ4n) is 2.97. The lowest BCUT2D eigenvalue weighted by atomic mass is 10.0. The molecule has 0 radical (unpaired) electrons. The van der Waals surface area contributed by atoms with E-state index in [4.69, 9.17) is 10.7 Å². The number of nitrogens with zero attached hydrogens (tertiary/aromatic N) is 2. The highest BCUT2D eigenvalue weighted by molar-refractivity contribution is 7.17. The van der Waals surface area contributed by atoms with E-state index >= 15 is 0 Å². The van der Waals surface area contributed by atoms with Gasteiger partial charge in [0.1, 0.15) is 0 Å². The molecule has 0 spiro atoms. The van der Waals surface area contributed by atoms with Crippen LogP contribution in [-0.2, 0) is 12.8 Å². The Balaban J connectivity index is 2.31. The average molecular weight is 313 g/mol. The van der Waals surface area contributed by atoms with Crippen LogP contribution >= 0.6 is 11.3 Å². The molecule has 4 heteroatoms. The van der Waals surface area contributed by atoms with E-state index in [1.54, 1.807) is 11.3 Å². The summed E-state index contributed by atoms with van der Waals surface area (Å²) in [6.07, 6.45) is 1.89. The largest absolute Gasteiger partial charge is 0.330 e. The SMILES string of the molecule is CCc1sc2nc(C)c(CCN)n2c1-c1ccc(C)c(C)c1. The highest BCUT2D eigenvalue weighted by Gasteiger charge is 2.19. The number of nitrogens with two attached hydrogens (primary N) is 1. The van der Waals surface area contributed by atoms with E-state index in [0.29, 0.717) is 6.54 Å². The number of thiazole rings is 1. The molecule has 0 atom stereocenters. The Bertz CT molecular complexity index is 827. The molecule has 22 heavy (non-hydrogen) atoms. The van der Waals surface area contributed by atoms with Gasteiger partial charge in [-0.2, -0.15) is 0 Å². The third-order valence-corrected chi connectivity index (χ3v) is 5.51. The summed E-state index contributed by atoms with van der Waals surface area (Å²) < 4.78 is 2.33. The van der Waals surface area contributed by atoms with Crippen molar-refractivity contribution in [1.82, 2.24) is 9.38 Å². The van der Waals surface area contributed by atoms with E-state index in [0.717, 1.165) is 23.5 Å². The van der Waals surface area contributed by atoms with Crippen molar-refractivity contribution in [2.75, 3.05) is 6.54 Å². The van der Waals surface area contributed by atoms with Gasteiger partial charge in [0, 0.05) is 17.0 Å². The quantitative estimate of drug-likeness (QED) is 0.789. The van der Waals surface area contributed by atoms with Crippen LogP contribution in [0.15, 0.2) is 18.2 Å². The fourth-order valence-corrected chi connectivity index (χ4v) is 4.11. The first-order chi connectivity index (χ1) is 10.6. The third kappa shape index (κ3) is 2.36. The van der Waals surface area contributed by atoms with Crippen molar-refractivity contribution in [2.24, 2.45) is 5.73 Å². The van der Waals surface area contributed by atoms with Gasteiger partial charge < -0.3 is 5.73 Å². The van der Waals surface area contributed by atoms with E-state index in [-0.39, 0.29) is 0 Å². The first-order valence-electron chi connectivity index (χ1n) is 7.84. The monoisotopic (exact) mass is 313 g/mol. The summed E-state index contributed by atoms with van der Waals surface area (Å²) in [5, 5.41) is 0. The molecule has 0 saturated heterocycles. The van der Waals surface area contributed by atoms with Gasteiger partial charge in [0.05, 0.1) is 11.4 Å². The summed E-state index contributed by atoms with van der Waals surface area (Å²) in [6.45, 7) is 9.28. The molecule has 0 fully saturated rings. The lowest BCUT2D eigenvalue weighted by Gasteiger charge is -2.09. The van der Waals surface area contributed by atoms with Crippen molar-refractivity contribution in [2.45, 2.75) is 40.5 Å². The number of aryl methyl sites for hydroxylation is 4. The minimum atomic E-state index is 0.651. The topological polar surface area (TPSA) is 43.3 Å². The number of benzene rings is 1. The molecule has 2 N–H and O–H groups in total. The summed E-state index contributed by atoms with van der Waals surface area (Å²) >= 11 is 1.80. The first kappa shape index (κ1) is 15.3. The van der Waals surface area contributed by atoms with Gasteiger partial charge >= 0.3 is 0 Å². The van der Waals surface area contributed by atoms with Gasteiger partial charge in [0.25, 0.3) is 0 Å². The fraction of sp³-hybridized carbons (Fsp3) is 0.389. The second-order valence-corrected chi connectivity index (χ2v) is 6.89. The molecule has 0 aliphatic rings. The van der Waals surface area contributed by atoms with Gasteiger partial charge in [-0.25, -0.2) is 4.98 Å². The summed E-state index contributed by atoms with van der Waals surface area (Å²) in [5.74, 6) is 0. The van der Waals surface area contributed by atoms with Crippen LogP contribution in [0.4, 0.5) is 0 Å². The van der Waals surface area contributed by atoms with Crippen LogP contribution in [-0.4, -0.2) is 15.9 Å². The molecule has 3 aromatic rings. The molecular formula is C18H23N3S. The van der Waals surface area contributed by atoms with E-state index < -0.39 is 0 Å². The molecule has 0 aliphatic carbocycles. The zero-order valence-electron chi connectivity index (χ0n) is 13.7. The standard InChI is InChI=1S/C18H23N3S/c1-5-16-17(14-7-6-11(2)12(3)10-14)21-15(8-9-19)13(4)20-18(21)22-16/h6-7,10H,5,8-9,19H2,1-4H3. The number of hydrogen-bond acceptors (Lipinski definition) is 3. The molecule has 3 rings (SSSR count). The molecular weight excluding hydrogens is 290 g/mol. The molecule has 3 nitrogen and oxygen atoms in total. The van der Waals surface area contributed by atoms with Gasteiger partial charge in [-0.1, -0.05) is 19.1 Å². The minimum Gasteiger partial charge on any atom is -0.330 e. The molecule has 0 aliphatic heterocycles. The van der Waals surface area contributed by atoms with Crippen molar-refractivity contribution in [3.05, 3.63) is 45.6 Å². The van der Waals surface area contributed by atoms with Crippen molar-refractivity contribution in [1.29, 1.82) is 0 Å². The average Bonchev–Trinajstić information content (AvgIpc) is 2.99. The normalized spacial score (nSPS) is 11.5. The Hall–Kier alpha value is -1.65. The molecule has 2 aromatic heterocycles. The van der Waals surface area contributed by atoms with Crippen molar-refractivity contribution in [3.63, 3.8) is 0 Å². The second-order valence-electron chi connectivity index (χ2n) is 5.83. The smallest absolute Gasteiger partial charge is 0.194 e. The predicted molar refractivity (Wildman–Crippen MR) is 94.9 cm³/mol. The predicted octanol–water partition coefficient (Wildman–Crippen LogP) is 4.05. The highest BCUT2D eigenvalue weighted by Crippen LogP contribution is 2.35. The van der Waals surface area contributed by atoms with Crippen LogP contribution in [0, 0.1) is 20.8 Å². The summed E-state index contributed by atoms with van der Waals surface area (Å²) in [7, 11) is 0. The molecule has 0 unspecified atom stereocenters. The lowest BCUT2D eigenvalue weighted by Crippen LogP contribution is -2.07. The van der Waals surface area contributed by atoms with Crippen LogP contribution in [0.1, 0.15) is 34.3 Å². The van der Waals surface area contributed by atoms with Crippen LogP contribution < -0.4 is 5.73 Å². The molecule has 0 bridgehead atoms. The Morgan fingerprint density at radius 3 is 2.59 bits per heavy atom. The number of hydrogen-bond donors (Lipinski definition) is 1. The van der Waals surface area contributed by atoms with Gasteiger partial charge in [-0.15, -0.1) is 11.3 Å². The summed E-state index contributed by atoms with van der Waals surface area (Å²) in [4.78, 5) is 7.23. The second kappa shape index (κ2) is 5.86. The maximum atomic E-state index is 5.81. The van der Waals surface area contributed by atoms with E-state index in [2.05, 4.69) is 50.3 Å². The number of imidazole rings is 1. The van der Waals surface area contributed by atoms with Gasteiger partial charge in [0.2, 0.25) is 0 Å². The lowest BCUT2D eigenvalue weighted by molar-refractivity contribution is 0.897. The Kier molecular flexibility index (Phi) is 4.06. The molecule has 0 amide bonds. The maximum Gasteiger partial charge on any atom is 0.194 e. The van der Waals surface area contributed by atoms with Crippen LogP contribution in [0.5, 0.6) is 0 Å². The third-order valence-electron chi connectivity index (χ3n) is 4.33. The summed E-state index contributed by atoms with van der Waals surface area (Å²) in [5.41, 5.74) is 13.4. The Labute approximate surface area is 135 Å². The number of aromatic nitrogens is 2. The molecule has 116 valence electrons. The Morgan fingerprint density at radius 2 is 1.95 bits per heavy atom. The van der Waals surface area contributed by atoms with E-state index in [9.17, 15) is 0 Å². The molecule has 0 saturated carbocycles. The summed E-state index contributed by atoms with van der Waals surface area (Å²) in [6, 6.07) is 6.72. The van der Waals surface area contributed by atoms with Gasteiger partial charge in [-0.05, 0) is 56.5 Å². The van der Waals surface area contributed by atoms with Crippen LogP contribution in [0.25, 0.3) is 16.2 Å². The molecule has 2 heterocycles. The van der Waals surface area contributed by atoms with E-state index in [1.165, 1.54) is 33.0 Å². The van der Waals surface area contributed by atoms with E-state index in [1.807, 2.05) is 0 Å². The van der Waals surface area contributed by atoms with Gasteiger partial charge in [0.15, 0.2) is 4.96 Å². The van der Waals surface area contributed by atoms with Crippen molar-refractivity contribution in [3.8, 4) is 11.3 Å². The number of rotatable bonds is 4. The number of fused-ring (bicyclic) bond motifs is 1. The van der Waals surface area contributed by atoms with Crippen molar-refractivity contribution < 1.29 is 0 Å². The van der Waals surface area contributed by atoms with Crippen LogP contribution in [0.2, 0.25) is 0 Å².